The molecular formula is C20H31Cl3. The maximum atomic E-state index is 6.25. The molecule has 0 nitrogen and oxygen atoms in total. The van der Waals surface area contributed by atoms with Gasteiger partial charge < -0.3 is 0 Å². The second kappa shape index (κ2) is 11.6. The molecule has 0 aromatic heterocycles. The third-order valence-electron chi connectivity index (χ3n) is 4.44. The van der Waals surface area contributed by atoms with Gasteiger partial charge in [0.05, 0.1) is 0 Å². The molecule has 23 heavy (non-hydrogen) atoms. The van der Waals surface area contributed by atoms with E-state index in [9.17, 15) is 0 Å². The minimum Gasteiger partial charge on any atom is -0.0830 e. The van der Waals surface area contributed by atoms with Crippen molar-refractivity contribution in [1.82, 2.24) is 0 Å². The number of alkyl halides is 3. The van der Waals surface area contributed by atoms with Gasteiger partial charge in [0.25, 0.3) is 0 Å². The summed E-state index contributed by atoms with van der Waals surface area (Å²) < 4.78 is -1.23. The zero-order valence-corrected chi connectivity index (χ0v) is 16.9. The van der Waals surface area contributed by atoms with Crippen LogP contribution in [0.3, 0.4) is 0 Å². The molecule has 0 heterocycles. The molecule has 0 aliphatic carbocycles. The topological polar surface area (TPSA) is 0 Å². The minimum atomic E-state index is -1.23. The molecule has 0 bridgehead atoms. The lowest BCUT2D eigenvalue weighted by atomic mass is 9.92. The maximum Gasteiger partial charge on any atom is 0.197 e. The number of aryl methyl sites for hydroxylation is 1. The van der Waals surface area contributed by atoms with Gasteiger partial charge in [0.2, 0.25) is 0 Å². The van der Waals surface area contributed by atoms with E-state index in [0.29, 0.717) is 0 Å². The Morgan fingerprint density at radius 3 is 1.91 bits per heavy atom. The van der Waals surface area contributed by atoms with Crippen LogP contribution in [0.4, 0.5) is 0 Å². The van der Waals surface area contributed by atoms with Crippen molar-refractivity contribution in [2.45, 2.75) is 87.8 Å². The van der Waals surface area contributed by atoms with Crippen LogP contribution in [-0.4, -0.2) is 3.79 Å². The quantitative estimate of drug-likeness (QED) is 0.269. The third-order valence-corrected chi connectivity index (χ3v) is 5.23. The van der Waals surface area contributed by atoms with Crippen molar-refractivity contribution >= 4 is 34.8 Å². The Kier molecular flexibility index (Phi) is 10.7. The highest BCUT2D eigenvalue weighted by molar-refractivity contribution is 6.68. The van der Waals surface area contributed by atoms with Crippen molar-refractivity contribution in [3.05, 3.63) is 35.4 Å². The monoisotopic (exact) mass is 376 g/mol. The van der Waals surface area contributed by atoms with Gasteiger partial charge in [0.1, 0.15) is 0 Å². The SMILES string of the molecule is CCCCCCCCC(c1ccc(CCCC)cc1)C(Cl)(Cl)Cl. The second-order valence-electron chi connectivity index (χ2n) is 6.50. The Bertz CT molecular complexity index is 406. The molecule has 1 aromatic carbocycles. The molecule has 0 saturated heterocycles. The molecule has 0 amide bonds. The summed E-state index contributed by atoms with van der Waals surface area (Å²) >= 11 is 18.8. The predicted molar refractivity (Wildman–Crippen MR) is 106 cm³/mol. The normalized spacial score (nSPS) is 13.3. The molecular weight excluding hydrogens is 347 g/mol. The van der Waals surface area contributed by atoms with Gasteiger partial charge in [-0.25, -0.2) is 0 Å². The van der Waals surface area contributed by atoms with Crippen molar-refractivity contribution in [2.75, 3.05) is 0 Å². The fourth-order valence-electron chi connectivity index (χ4n) is 2.95. The highest BCUT2D eigenvalue weighted by Crippen LogP contribution is 2.44. The van der Waals surface area contributed by atoms with Gasteiger partial charge in [-0.1, -0.05) is 118 Å². The van der Waals surface area contributed by atoms with Crippen molar-refractivity contribution in [3.63, 3.8) is 0 Å². The lowest BCUT2D eigenvalue weighted by molar-refractivity contribution is 0.542. The van der Waals surface area contributed by atoms with Crippen LogP contribution in [0.15, 0.2) is 24.3 Å². The van der Waals surface area contributed by atoms with Gasteiger partial charge in [-0.3, -0.25) is 0 Å². The number of unbranched alkanes of at least 4 members (excludes halogenated alkanes) is 6. The van der Waals surface area contributed by atoms with Crippen LogP contribution in [0.1, 0.15) is 88.7 Å². The summed E-state index contributed by atoms with van der Waals surface area (Å²) in [4.78, 5) is 0. The summed E-state index contributed by atoms with van der Waals surface area (Å²) in [5.41, 5.74) is 2.53. The highest BCUT2D eigenvalue weighted by Gasteiger charge is 2.33. The minimum absolute atomic E-state index is 0.0149. The fraction of sp³-hybridized carbons (Fsp3) is 0.700. The molecule has 0 aliphatic heterocycles. The summed E-state index contributed by atoms with van der Waals surface area (Å²) in [5.74, 6) is -0.0149. The van der Waals surface area contributed by atoms with Crippen LogP contribution in [0.5, 0.6) is 0 Å². The molecule has 132 valence electrons. The van der Waals surface area contributed by atoms with Crippen LogP contribution >= 0.6 is 34.8 Å². The summed E-state index contributed by atoms with van der Waals surface area (Å²) in [6, 6.07) is 8.68. The van der Waals surface area contributed by atoms with Crippen molar-refractivity contribution in [3.8, 4) is 0 Å². The van der Waals surface area contributed by atoms with Crippen molar-refractivity contribution in [2.24, 2.45) is 0 Å². The predicted octanol–water partition coefficient (Wildman–Crippen LogP) is 8.23. The van der Waals surface area contributed by atoms with E-state index in [1.165, 1.54) is 50.5 Å². The average molecular weight is 378 g/mol. The first-order valence-electron chi connectivity index (χ1n) is 9.14. The number of benzene rings is 1. The third kappa shape index (κ3) is 8.66. The Labute approximate surface area is 157 Å². The number of rotatable bonds is 11. The van der Waals surface area contributed by atoms with Crippen LogP contribution in [-0.2, 0) is 6.42 Å². The molecule has 0 radical (unpaired) electrons. The van der Waals surface area contributed by atoms with E-state index in [1.54, 1.807) is 0 Å². The van der Waals surface area contributed by atoms with Gasteiger partial charge in [-0.05, 0) is 30.4 Å². The summed E-state index contributed by atoms with van der Waals surface area (Å²) in [6.07, 6.45) is 12.1. The van der Waals surface area contributed by atoms with Crippen molar-refractivity contribution < 1.29 is 0 Å². The molecule has 1 atom stereocenters. The molecule has 1 rings (SSSR count). The highest BCUT2D eigenvalue weighted by atomic mass is 35.6. The van der Waals surface area contributed by atoms with Crippen LogP contribution in [0.25, 0.3) is 0 Å². The number of hydrogen-bond donors (Lipinski definition) is 0. The summed E-state index contributed by atoms with van der Waals surface area (Å²) in [7, 11) is 0. The first-order valence-corrected chi connectivity index (χ1v) is 10.3. The fourth-order valence-corrected chi connectivity index (χ4v) is 3.65. The van der Waals surface area contributed by atoms with E-state index in [0.717, 1.165) is 24.8 Å². The van der Waals surface area contributed by atoms with Gasteiger partial charge >= 0.3 is 0 Å². The molecule has 0 saturated carbocycles. The Morgan fingerprint density at radius 1 is 0.783 bits per heavy atom. The van der Waals surface area contributed by atoms with Gasteiger partial charge in [-0.2, -0.15) is 0 Å². The van der Waals surface area contributed by atoms with Gasteiger partial charge in [0.15, 0.2) is 3.79 Å². The lowest BCUT2D eigenvalue weighted by Crippen LogP contribution is -2.17. The van der Waals surface area contributed by atoms with E-state index in [2.05, 4.69) is 38.1 Å². The zero-order chi connectivity index (χ0) is 17.1. The average Bonchev–Trinajstić information content (AvgIpc) is 2.52. The van der Waals surface area contributed by atoms with E-state index in [1.807, 2.05) is 0 Å². The molecule has 0 fully saturated rings. The lowest BCUT2D eigenvalue weighted by Gasteiger charge is -2.25. The molecule has 0 aliphatic rings. The molecule has 1 unspecified atom stereocenters. The first kappa shape index (κ1) is 21.1. The van der Waals surface area contributed by atoms with Gasteiger partial charge in [0, 0.05) is 5.92 Å². The van der Waals surface area contributed by atoms with E-state index >= 15 is 0 Å². The number of hydrogen-bond acceptors (Lipinski definition) is 0. The zero-order valence-electron chi connectivity index (χ0n) is 14.6. The Hall–Kier alpha value is 0.0900. The number of halogens is 3. The Morgan fingerprint density at radius 2 is 1.35 bits per heavy atom. The standard InChI is InChI=1S/C20H31Cl3/c1-3-5-7-8-9-10-12-19(20(21,22)23)18-15-13-17(14-16-18)11-6-4-2/h13-16,19H,3-12H2,1-2H3. The molecule has 1 aromatic rings. The van der Waals surface area contributed by atoms with Gasteiger partial charge in [-0.15, -0.1) is 0 Å². The van der Waals surface area contributed by atoms with E-state index < -0.39 is 3.79 Å². The van der Waals surface area contributed by atoms with Crippen molar-refractivity contribution in [1.29, 1.82) is 0 Å². The summed E-state index contributed by atoms with van der Waals surface area (Å²) in [5, 5.41) is 0. The van der Waals surface area contributed by atoms with Crippen LogP contribution < -0.4 is 0 Å². The van der Waals surface area contributed by atoms with Crippen LogP contribution in [0.2, 0.25) is 0 Å². The molecule has 3 heteroatoms. The Balaban J connectivity index is 2.56. The van der Waals surface area contributed by atoms with E-state index in [-0.39, 0.29) is 5.92 Å². The largest absolute Gasteiger partial charge is 0.197 e. The van der Waals surface area contributed by atoms with Crippen LogP contribution in [0, 0.1) is 0 Å². The summed E-state index contributed by atoms with van der Waals surface area (Å²) in [6.45, 7) is 4.46. The van der Waals surface area contributed by atoms with E-state index in [4.69, 9.17) is 34.8 Å². The molecule has 0 N–H and O–H groups in total. The second-order valence-corrected chi connectivity index (χ2v) is 8.86. The first-order chi connectivity index (χ1) is 11.0. The maximum absolute atomic E-state index is 6.25. The molecule has 0 spiro atoms. The smallest absolute Gasteiger partial charge is 0.0830 e.